The highest BCUT2D eigenvalue weighted by atomic mass is 127. The number of aliphatic imine (C=N–C) groups is 1. The third-order valence-electron chi connectivity index (χ3n) is 4.55. The van der Waals surface area contributed by atoms with Gasteiger partial charge in [0.1, 0.15) is 23.5 Å². The van der Waals surface area contributed by atoms with E-state index in [2.05, 4.69) is 20.8 Å². The number of rotatable bonds is 8. The van der Waals surface area contributed by atoms with E-state index in [1.165, 1.54) is 12.8 Å². The molecule has 1 aliphatic carbocycles. The number of halogens is 1. The fourth-order valence-electron chi connectivity index (χ4n) is 3.10. The van der Waals surface area contributed by atoms with Crippen molar-refractivity contribution >= 4 is 29.9 Å². The van der Waals surface area contributed by atoms with Crippen LogP contribution >= 0.6 is 24.0 Å². The third-order valence-corrected chi connectivity index (χ3v) is 4.55. The molecular formula is C20H29IN4O3. The van der Waals surface area contributed by atoms with E-state index < -0.39 is 0 Å². The summed E-state index contributed by atoms with van der Waals surface area (Å²) in [6.07, 6.45) is 6.55. The molecule has 1 aromatic heterocycles. The van der Waals surface area contributed by atoms with Crippen LogP contribution in [0.25, 0.3) is 0 Å². The highest BCUT2D eigenvalue weighted by molar-refractivity contribution is 14.0. The minimum Gasteiger partial charge on any atom is -0.497 e. The quantitative estimate of drug-likeness (QED) is 0.326. The number of ether oxygens (including phenoxy) is 2. The molecule has 1 saturated carbocycles. The molecule has 2 aromatic rings. The van der Waals surface area contributed by atoms with Gasteiger partial charge in [-0.1, -0.05) is 5.16 Å². The Bertz CT molecular complexity index is 731. The zero-order chi connectivity index (χ0) is 18.9. The molecule has 154 valence electrons. The summed E-state index contributed by atoms with van der Waals surface area (Å²) in [5, 5.41) is 10.4. The van der Waals surface area contributed by atoms with Gasteiger partial charge in [0.25, 0.3) is 0 Å². The molecule has 0 radical (unpaired) electrons. The van der Waals surface area contributed by atoms with Crippen LogP contribution in [0.3, 0.4) is 0 Å². The Labute approximate surface area is 183 Å². The molecule has 2 N–H and O–H groups in total. The van der Waals surface area contributed by atoms with Crippen molar-refractivity contribution in [2.24, 2.45) is 4.99 Å². The molecule has 0 amide bonds. The molecule has 1 fully saturated rings. The number of methoxy groups -OCH3 is 1. The van der Waals surface area contributed by atoms with Gasteiger partial charge in [0, 0.05) is 24.2 Å². The van der Waals surface area contributed by atoms with E-state index in [9.17, 15) is 0 Å². The number of nitrogens with one attached hydrogen (secondary N) is 2. The summed E-state index contributed by atoms with van der Waals surface area (Å²) in [5.41, 5.74) is 1.87. The average Bonchev–Trinajstić information content (AvgIpc) is 3.38. The summed E-state index contributed by atoms with van der Waals surface area (Å²) in [6.45, 7) is 3.88. The Kier molecular flexibility index (Phi) is 9.39. The molecule has 3 rings (SSSR count). The van der Waals surface area contributed by atoms with Gasteiger partial charge in [0.15, 0.2) is 5.96 Å². The first-order valence-electron chi connectivity index (χ1n) is 9.53. The van der Waals surface area contributed by atoms with Crippen LogP contribution in [0.5, 0.6) is 11.5 Å². The van der Waals surface area contributed by atoms with Crippen LogP contribution in [0.4, 0.5) is 0 Å². The van der Waals surface area contributed by atoms with Crippen molar-refractivity contribution in [2.45, 2.75) is 51.8 Å². The van der Waals surface area contributed by atoms with E-state index in [0.29, 0.717) is 19.2 Å². The summed E-state index contributed by atoms with van der Waals surface area (Å²) in [7, 11) is 1.67. The molecular weight excluding hydrogens is 471 g/mol. The molecule has 8 heteroatoms. The SMILES string of the molecule is CCNC(=NCc1ccc(OC)cc1OC1CCCC1)NCc1ccon1.I. The summed E-state index contributed by atoms with van der Waals surface area (Å²) in [6, 6.07) is 7.75. The van der Waals surface area contributed by atoms with E-state index >= 15 is 0 Å². The van der Waals surface area contributed by atoms with Crippen molar-refractivity contribution in [3.8, 4) is 11.5 Å². The summed E-state index contributed by atoms with van der Waals surface area (Å²) in [5.74, 6) is 2.38. The van der Waals surface area contributed by atoms with Gasteiger partial charge in [-0.3, -0.25) is 0 Å². The predicted octanol–water partition coefficient (Wildman–Crippen LogP) is 3.88. The Morgan fingerprint density at radius 1 is 1.25 bits per heavy atom. The summed E-state index contributed by atoms with van der Waals surface area (Å²) >= 11 is 0. The first-order chi connectivity index (χ1) is 13.3. The molecule has 1 heterocycles. The molecule has 0 atom stereocenters. The van der Waals surface area contributed by atoms with Gasteiger partial charge >= 0.3 is 0 Å². The van der Waals surface area contributed by atoms with Crippen LogP contribution in [-0.4, -0.2) is 30.9 Å². The molecule has 0 aliphatic heterocycles. The minimum atomic E-state index is 0. The zero-order valence-corrected chi connectivity index (χ0v) is 18.8. The number of aromatic nitrogens is 1. The highest BCUT2D eigenvalue weighted by Gasteiger charge is 2.18. The van der Waals surface area contributed by atoms with Crippen molar-refractivity contribution in [2.75, 3.05) is 13.7 Å². The van der Waals surface area contributed by atoms with E-state index in [4.69, 9.17) is 14.0 Å². The second-order valence-electron chi connectivity index (χ2n) is 6.54. The van der Waals surface area contributed by atoms with Crippen molar-refractivity contribution in [3.05, 3.63) is 41.8 Å². The van der Waals surface area contributed by atoms with Gasteiger partial charge in [0.2, 0.25) is 0 Å². The lowest BCUT2D eigenvalue weighted by Crippen LogP contribution is -2.36. The second kappa shape index (κ2) is 11.8. The third kappa shape index (κ3) is 6.57. The molecule has 0 unspecified atom stereocenters. The van der Waals surface area contributed by atoms with Crippen molar-refractivity contribution in [1.29, 1.82) is 0 Å². The molecule has 0 saturated heterocycles. The lowest BCUT2D eigenvalue weighted by molar-refractivity contribution is 0.207. The molecule has 28 heavy (non-hydrogen) atoms. The summed E-state index contributed by atoms with van der Waals surface area (Å²) < 4.78 is 16.5. The van der Waals surface area contributed by atoms with Crippen LogP contribution < -0.4 is 20.1 Å². The van der Waals surface area contributed by atoms with Gasteiger partial charge in [-0.2, -0.15) is 0 Å². The van der Waals surface area contributed by atoms with Gasteiger partial charge < -0.3 is 24.6 Å². The Morgan fingerprint density at radius 2 is 2.07 bits per heavy atom. The number of guanidine groups is 1. The monoisotopic (exact) mass is 500 g/mol. The van der Waals surface area contributed by atoms with Crippen LogP contribution in [0, 0.1) is 0 Å². The number of hydrogen-bond acceptors (Lipinski definition) is 5. The highest BCUT2D eigenvalue weighted by Crippen LogP contribution is 2.30. The number of nitrogens with zero attached hydrogens (tertiary/aromatic N) is 2. The van der Waals surface area contributed by atoms with E-state index in [-0.39, 0.29) is 24.0 Å². The molecule has 7 nitrogen and oxygen atoms in total. The topological polar surface area (TPSA) is 80.9 Å². The number of benzene rings is 1. The van der Waals surface area contributed by atoms with Gasteiger partial charge in [0.05, 0.1) is 26.3 Å². The Morgan fingerprint density at radius 3 is 2.75 bits per heavy atom. The second-order valence-corrected chi connectivity index (χ2v) is 6.54. The van der Waals surface area contributed by atoms with Crippen LogP contribution in [0.15, 0.2) is 40.0 Å². The first-order valence-corrected chi connectivity index (χ1v) is 9.53. The maximum absolute atomic E-state index is 6.25. The smallest absolute Gasteiger partial charge is 0.191 e. The molecule has 1 aromatic carbocycles. The van der Waals surface area contributed by atoms with Crippen molar-refractivity contribution in [1.82, 2.24) is 15.8 Å². The molecule has 0 spiro atoms. The standard InChI is InChI=1S/C20H28N4O3.HI/c1-3-21-20(23-14-16-10-11-26-24-16)22-13-15-8-9-18(25-2)12-19(15)27-17-6-4-5-7-17;/h8-12,17H,3-7,13-14H2,1-2H3,(H2,21,22,23);1H. The van der Waals surface area contributed by atoms with Crippen molar-refractivity contribution in [3.63, 3.8) is 0 Å². The first kappa shape index (κ1) is 22.3. The predicted molar refractivity (Wildman–Crippen MR) is 119 cm³/mol. The lowest BCUT2D eigenvalue weighted by Gasteiger charge is -2.17. The van der Waals surface area contributed by atoms with Crippen molar-refractivity contribution < 1.29 is 14.0 Å². The van der Waals surface area contributed by atoms with Gasteiger partial charge in [-0.25, -0.2) is 4.99 Å². The van der Waals surface area contributed by atoms with Crippen LogP contribution in [-0.2, 0) is 13.1 Å². The normalized spacial score (nSPS) is 14.4. The van der Waals surface area contributed by atoms with Crippen LogP contribution in [0.1, 0.15) is 43.9 Å². The maximum atomic E-state index is 6.25. The fourth-order valence-corrected chi connectivity index (χ4v) is 3.10. The Hall–Kier alpha value is -1.97. The fraction of sp³-hybridized carbons (Fsp3) is 0.500. The number of hydrogen-bond donors (Lipinski definition) is 2. The minimum absolute atomic E-state index is 0. The lowest BCUT2D eigenvalue weighted by atomic mass is 10.2. The van der Waals surface area contributed by atoms with E-state index in [1.807, 2.05) is 31.2 Å². The zero-order valence-electron chi connectivity index (χ0n) is 16.4. The summed E-state index contributed by atoms with van der Waals surface area (Å²) in [4.78, 5) is 4.69. The van der Waals surface area contributed by atoms with Gasteiger partial charge in [-0.15, -0.1) is 24.0 Å². The van der Waals surface area contributed by atoms with E-state index in [0.717, 1.165) is 48.1 Å². The van der Waals surface area contributed by atoms with E-state index in [1.54, 1.807) is 13.4 Å². The Balaban J connectivity index is 0.00000280. The van der Waals surface area contributed by atoms with Gasteiger partial charge in [-0.05, 0) is 44.7 Å². The maximum Gasteiger partial charge on any atom is 0.191 e. The molecule has 0 bridgehead atoms. The largest absolute Gasteiger partial charge is 0.497 e. The average molecular weight is 500 g/mol. The molecule has 1 aliphatic rings. The van der Waals surface area contributed by atoms with Crippen LogP contribution in [0.2, 0.25) is 0 Å².